The highest BCUT2D eigenvalue weighted by Gasteiger charge is 2.26. The van der Waals surface area contributed by atoms with Crippen molar-refractivity contribution in [3.63, 3.8) is 0 Å². The highest BCUT2D eigenvalue weighted by atomic mass is 14.8. The molecule has 0 radical (unpaired) electrons. The van der Waals surface area contributed by atoms with Crippen molar-refractivity contribution >= 4 is 0 Å². The van der Waals surface area contributed by atoms with Crippen molar-refractivity contribution in [3.05, 3.63) is 36.0 Å². The fourth-order valence-corrected chi connectivity index (χ4v) is 2.14. The minimum atomic E-state index is 0.846. The van der Waals surface area contributed by atoms with E-state index in [-0.39, 0.29) is 0 Å². The summed E-state index contributed by atoms with van der Waals surface area (Å²) >= 11 is 0. The Balaban J connectivity index is 2.56. The molecule has 0 bridgehead atoms. The van der Waals surface area contributed by atoms with Gasteiger partial charge in [-0.3, -0.25) is 0 Å². The summed E-state index contributed by atoms with van der Waals surface area (Å²) in [5, 5.41) is 3.52. The molecule has 0 aromatic rings. The smallest absolute Gasteiger partial charge is 0.0205 e. The van der Waals surface area contributed by atoms with Gasteiger partial charge in [0.1, 0.15) is 0 Å². The molecule has 0 amide bonds. The van der Waals surface area contributed by atoms with Gasteiger partial charge >= 0.3 is 0 Å². The standard InChI is InChI=1S/C16H27N/c1-4-7-8-9-15(13-17-12-5-2)16(6-3)14-10-11-14/h4,6,9,14,17H,1,5,7-8,10-13H2,2-3H3/b15-9-,16-6-. The first-order valence-electron chi connectivity index (χ1n) is 7.00. The second kappa shape index (κ2) is 8.30. The number of rotatable bonds is 9. The maximum Gasteiger partial charge on any atom is 0.0205 e. The lowest BCUT2D eigenvalue weighted by Crippen LogP contribution is -2.19. The molecule has 1 aliphatic carbocycles. The van der Waals surface area contributed by atoms with Crippen molar-refractivity contribution in [2.75, 3.05) is 13.1 Å². The monoisotopic (exact) mass is 233 g/mol. The Morgan fingerprint density at radius 1 is 1.35 bits per heavy atom. The molecule has 96 valence electrons. The minimum absolute atomic E-state index is 0.846. The molecule has 0 spiro atoms. The van der Waals surface area contributed by atoms with Crippen LogP contribution in [-0.2, 0) is 0 Å². The lowest BCUT2D eigenvalue weighted by Gasteiger charge is -2.12. The fourth-order valence-electron chi connectivity index (χ4n) is 2.14. The third-order valence-electron chi connectivity index (χ3n) is 3.20. The summed E-state index contributed by atoms with van der Waals surface area (Å²) in [5.41, 5.74) is 3.10. The molecule has 1 aliphatic rings. The Morgan fingerprint density at radius 3 is 2.65 bits per heavy atom. The molecule has 0 heterocycles. The van der Waals surface area contributed by atoms with Gasteiger partial charge in [-0.05, 0) is 62.6 Å². The van der Waals surface area contributed by atoms with Crippen LogP contribution < -0.4 is 5.32 Å². The number of hydrogen-bond donors (Lipinski definition) is 1. The van der Waals surface area contributed by atoms with Crippen LogP contribution in [0.2, 0.25) is 0 Å². The zero-order valence-corrected chi connectivity index (χ0v) is 11.5. The van der Waals surface area contributed by atoms with Crippen molar-refractivity contribution in [2.24, 2.45) is 5.92 Å². The molecule has 0 aliphatic heterocycles. The maximum absolute atomic E-state index is 3.79. The van der Waals surface area contributed by atoms with Crippen molar-refractivity contribution < 1.29 is 0 Å². The Morgan fingerprint density at radius 2 is 2.12 bits per heavy atom. The van der Waals surface area contributed by atoms with Gasteiger partial charge in [-0.15, -0.1) is 6.58 Å². The molecule has 1 heteroatoms. The van der Waals surface area contributed by atoms with Crippen LogP contribution in [-0.4, -0.2) is 13.1 Å². The van der Waals surface area contributed by atoms with E-state index in [0.717, 1.165) is 31.8 Å². The molecule has 0 aromatic carbocycles. The van der Waals surface area contributed by atoms with Crippen LogP contribution in [0.5, 0.6) is 0 Å². The Hall–Kier alpha value is -0.820. The summed E-state index contributed by atoms with van der Waals surface area (Å²) in [6.07, 6.45) is 12.9. The summed E-state index contributed by atoms with van der Waals surface area (Å²) < 4.78 is 0. The van der Waals surface area contributed by atoms with Gasteiger partial charge in [0, 0.05) is 6.54 Å². The van der Waals surface area contributed by atoms with Gasteiger partial charge in [-0.25, -0.2) is 0 Å². The molecule has 17 heavy (non-hydrogen) atoms. The number of hydrogen-bond acceptors (Lipinski definition) is 1. The minimum Gasteiger partial charge on any atom is -0.313 e. The van der Waals surface area contributed by atoms with E-state index in [9.17, 15) is 0 Å². The van der Waals surface area contributed by atoms with E-state index in [2.05, 4.69) is 37.9 Å². The third kappa shape index (κ3) is 5.36. The van der Waals surface area contributed by atoms with Gasteiger partial charge in [-0.2, -0.15) is 0 Å². The van der Waals surface area contributed by atoms with E-state index < -0.39 is 0 Å². The normalized spacial score (nSPS) is 17.3. The number of unbranched alkanes of at least 4 members (excludes halogenated alkanes) is 1. The summed E-state index contributed by atoms with van der Waals surface area (Å²) in [6.45, 7) is 10.3. The van der Waals surface area contributed by atoms with Crippen molar-refractivity contribution in [2.45, 2.75) is 46.0 Å². The van der Waals surface area contributed by atoms with Crippen molar-refractivity contribution in [1.82, 2.24) is 5.32 Å². The molecule has 1 N–H and O–H groups in total. The lowest BCUT2D eigenvalue weighted by molar-refractivity contribution is 0.709. The van der Waals surface area contributed by atoms with Gasteiger partial charge in [0.05, 0.1) is 0 Å². The van der Waals surface area contributed by atoms with E-state index in [1.165, 1.54) is 24.8 Å². The van der Waals surface area contributed by atoms with Crippen LogP contribution in [0.1, 0.15) is 46.0 Å². The van der Waals surface area contributed by atoms with Crippen molar-refractivity contribution in [3.8, 4) is 0 Å². The fraction of sp³-hybridized carbons (Fsp3) is 0.625. The van der Waals surface area contributed by atoms with Crippen molar-refractivity contribution in [1.29, 1.82) is 0 Å². The third-order valence-corrected chi connectivity index (χ3v) is 3.20. The Kier molecular flexibility index (Phi) is 6.95. The van der Waals surface area contributed by atoms with Crippen LogP contribution in [0.3, 0.4) is 0 Å². The summed E-state index contributed by atoms with van der Waals surface area (Å²) in [5.74, 6) is 0.846. The molecule has 1 saturated carbocycles. The quantitative estimate of drug-likeness (QED) is 0.357. The summed E-state index contributed by atoms with van der Waals surface area (Å²) in [7, 11) is 0. The van der Waals surface area contributed by atoms with Gasteiger partial charge in [0.25, 0.3) is 0 Å². The molecule has 0 atom stereocenters. The second-order valence-corrected chi connectivity index (χ2v) is 4.79. The van der Waals surface area contributed by atoms with E-state index in [1.807, 2.05) is 6.08 Å². The van der Waals surface area contributed by atoms with E-state index in [4.69, 9.17) is 0 Å². The molecule has 0 aromatic heterocycles. The topological polar surface area (TPSA) is 12.0 Å². The predicted molar refractivity (Wildman–Crippen MR) is 77.2 cm³/mol. The van der Waals surface area contributed by atoms with Gasteiger partial charge in [0.2, 0.25) is 0 Å². The van der Waals surface area contributed by atoms with Crippen LogP contribution in [0, 0.1) is 5.92 Å². The van der Waals surface area contributed by atoms with E-state index >= 15 is 0 Å². The molecule has 1 nitrogen and oxygen atoms in total. The second-order valence-electron chi connectivity index (χ2n) is 4.79. The molecule has 1 fully saturated rings. The van der Waals surface area contributed by atoms with Crippen LogP contribution in [0.4, 0.5) is 0 Å². The first-order valence-corrected chi connectivity index (χ1v) is 7.00. The molecule has 1 rings (SSSR count). The highest BCUT2D eigenvalue weighted by Crippen LogP contribution is 2.39. The average molecular weight is 233 g/mol. The first kappa shape index (κ1) is 14.2. The molecular formula is C16H27N. The summed E-state index contributed by atoms with van der Waals surface area (Å²) in [4.78, 5) is 0. The molecule has 0 saturated heterocycles. The average Bonchev–Trinajstić information content (AvgIpc) is 3.14. The number of allylic oxidation sites excluding steroid dienone is 3. The highest BCUT2D eigenvalue weighted by molar-refractivity contribution is 5.36. The Labute approximate surface area is 107 Å². The van der Waals surface area contributed by atoms with Crippen LogP contribution >= 0.6 is 0 Å². The predicted octanol–water partition coefficient (Wildman–Crippen LogP) is 4.23. The van der Waals surface area contributed by atoms with Gasteiger partial charge in [-0.1, -0.05) is 25.2 Å². The van der Waals surface area contributed by atoms with E-state index in [0.29, 0.717) is 0 Å². The molecular weight excluding hydrogens is 206 g/mol. The van der Waals surface area contributed by atoms with Crippen LogP contribution in [0.15, 0.2) is 36.0 Å². The van der Waals surface area contributed by atoms with E-state index in [1.54, 1.807) is 5.57 Å². The van der Waals surface area contributed by atoms with Gasteiger partial charge in [0.15, 0.2) is 0 Å². The lowest BCUT2D eigenvalue weighted by atomic mass is 9.99. The maximum atomic E-state index is 3.79. The Bertz CT molecular complexity index is 282. The zero-order chi connectivity index (χ0) is 12.5. The molecule has 0 unspecified atom stereocenters. The number of nitrogens with one attached hydrogen (secondary N) is 1. The first-order chi connectivity index (χ1) is 8.33. The SMILES string of the molecule is C=CCC/C=C(CNCCC)\C(=C/C)C1CC1. The summed E-state index contributed by atoms with van der Waals surface area (Å²) in [6, 6.07) is 0. The zero-order valence-electron chi connectivity index (χ0n) is 11.5. The van der Waals surface area contributed by atoms with Gasteiger partial charge < -0.3 is 5.32 Å². The largest absolute Gasteiger partial charge is 0.313 e. The van der Waals surface area contributed by atoms with Crippen LogP contribution in [0.25, 0.3) is 0 Å².